The lowest BCUT2D eigenvalue weighted by molar-refractivity contribution is 0.619. The molecule has 1 heterocycles. The minimum atomic E-state index is -2.76. The van der Waals surface area contributed by atoms with E-state index in [0.29, 0.717) is 23.3 Å². The van der Waals surface area contributed by atoms with Crippen LogP contribution in [-0.2, 0) is 17.4 Å². The number of fused-ring (bicyclic) bond motifs is 1. The fourth-order valence-corrected chi connectivity index (χ4v) is 3.50. The maximum atomic E-state index is 12.9. The van der Waals surface area contributed by atoms with Gasteiger partial charge in [0.25, 0.3) is 5.56 Å². The summed E-state index contributed by atoms with van der Waals surface area (Å²) in [5.41, 5.74) is 2.59. The van der Waals surface area contributed by atoms with E-state index >= 15 is 0 Å². The number of hydrogen-bond donors (Lipinski definition) is 2. The van der Waals surface area contributed by atoms with Crippen LogP contribution in [0.15, 0.2) is 83.7 Å². The van der Waals surface area contributed by atoms with Crippen LogP contribution in [0.3, 0.4) is 0 Å². The van der Waals surface area contributed by atoms with Gasteiger partial charge in [-0.2, -0.15) is 5.10 Å². The van der Waals surface area contributed by atoms with E-state index in [4.69, 9.17) is 0 Å². The molecule has 3 aromatic carbocycles. The third kappa shape index (κ3) is 4.47. The molecule has 148 valence electrons. The summed E-state index contributed by atoms with van der Waals surface area (Å²) in [6.45, 7) is 0.349. The maximum Gasteiger partial charge on any atom is 0.274 e. The summed E-state index contributed by atoms with van der Waals surface area (Å²) in [6.07, 6.45) is 0. The predicted octanol–water partition coefficient (Wildman–Crippen LogP) is 3.47. The van der Waals surface area contributed by atoms with Crippen LogP contribution < -0.4 is 10.3 Å². The Morgan fingerprint density at radius 1 is 0.862 bits per heavy atom. The molecule has 0 bridgehead atoms. The molecule has 0 amide bonds. The quantitative estimate of drug-likeness (QED) is 0.478. The Bertz CT molecular complexity index is 1280. The van der Waals surface area contributed by atoms with Gasteiger partial charge in [-0.05, 0) is 23.8 Å². The summed E-state index contributed by atoms with van der Waals surface area (Å²) in [6, 6.07) is 23.9. The molecule has 0 aliphatic heterocycles. The summed E-state index contributed by atoms with van der Waals surface area (Å²) in [5.74, 6) is 0. The Morgan fingerprint density at radius 2 is 1.55 bits per heavy atom. The van der Waals surface area contributed by atoms with Gasteiger partial charge in [-0.3, -0.25) is 9.52 Å². The highest BCUT2D eigenvalue weighted by Gasteiger charge is 2.13. The normalized spacial score (nSPS) is 10.7. The summed E-state index contributed by atoms with van der Waals surface area (Å²) < 4.78 is 25.8. The van der Waals surface area contributed by atoms with Crippen molar-refractivity contribution in [1.82, 2.24) is 9.78 Å². The smallest absolute Gasteiger partial charge is 0.274 e. The van der Waals surface area contributed by atoms with Crippen LogP contribution in [0.25, 0.3) is 22.0 Å². The molecule has 0 atom stereocenters. The second-order valence-electron chi connectivity index (χ2n) is 6.29. The molecule has 29 heavy (non-hydrogen) atoms. The number of nitrogens with one attached hydrogen (secondary N) is 1. The van der Waals surface area contributed by atoms with Crippen molar-refractivity contribution in [3.63, 3.8) is 0 Å². The van der Waals surface area contributed by atoms with E-state index < -0.39 is 10.9 Å². The lowest BCUT2D eigenvalue weighted by atomic mass is 10.0. The third-order valence-corrected chi connectivity index (χ3v) is 4.84. The number of hydrogen-bond acceptors (Lipinski definition) is 4. The van der Waals surface area contributed by atoms with Crippen LogP contribution in [0.5, 0.6) is 0 Å². The molecule has 0 spiro atoms. The third-order valence-electron chi connectivity index (χ3n) is 4.40. The lowest BCUT2D eigenvalue weighted by Crippen LogP contribution is -2.24. The molecule has 0 aliphatic carbocycles. The second-order valence-corrected chi connectivity index (χ2v) is 7.03. The molecule has 4 aromatic rings. The molecule has 0 unspecified atom stereocenters. The summed E-state index contributed by atoms with van der Waals surface area (Å²) in [5, 5.41) is 5.90. The number of nitrogens with zero attached hydrogens (tertiary/aromatic N) is 2. The average molecular weight is 428 g/mol. The first kappa shape index (κ1) is 20.6. The summed E-state index contributed by atoms with van der Waals surface area (Å²) in [7, 11) is -2.76. The Kier molecular flexibility index (Phi) is 6.31. The van der Waals surface area contributed by atoms with Gasteiger partial charge in [-0.15, -0.1) is 12.4 Å². The first-order valence-corrected chi connectivity index (χ1v) is 9.85. The van der Waals surface area contributed by atoms with Gasteiger partial charge in [0.05, 0.1) is 17.6 Å². The molecule has 0 saturated carbocycles. The van der Waals surface area contributed by atoms with Gasteiger partial charge in [0.2, 0.25) is 10.9 Å². The zero-order valence-electron chi connectivity index (χ0n) is 15.2. The van der Waals surface area contributed by atoms with Crippen molar-refractivity contribution >= 4 is 39.8 Å². The van der Waals surface area contributed by atoms with Gasteiger partial charge in [0.15, 0.2) is 0 Å². The SMILES string of the molecule is Cl.O=c1c2ccccc2c(-c2cccc(N[SH](=O)=O)c2)nn1Cc1ccccc1. The molecule has 8 heteroatoms. The minimum Gasteiger partial charge on any atom is -0.286 e. The van der Waals surface area contributed by atoms with Crippen LogP contribution in [0.1, 0.15) is 5.56 Å². The van der Waals surface area contributed by atoms with Crippen LogP contribution in [0.2, 0.25) is 0 Å². The number of thiol groups is 1. The second kappa shape index (κ2) is 8.89. The van der Waals surface area contributed by atoms with E-state index in [2.05, 4.69) is 9.82 Å². The van der Waals surface area contributed by atoms with Crippen molar-refractivity contribution in [3.05, 3.63) is 94.8 Å². The molecule has 0 aliphatic rings. The zero-order valence-corrected chi connectivity index (χ0v) is 16.9. The Morgan fingerprint density at radius 3 is 2.28 bits per heavy atom. The Labute approximate surface area is 175 Å². The molecule has 0 radical (unpaired) electrons. The maximum absolute atomic E-state index is 12.9. The standard InChI is InChI=1S/C21H17N3O3S.ClH/c25-21-19-12-5-4-11-18(19)20(16-9-6-10-17(13-16)23-28(26)27)22-24(21)14-15-7-2-1-3-8-15;/h1-13,28H,14H2,(H,23,26,27);1H. The Balaban J connectivity index is 0.00000240. The highest BCUT2D eigenvalue weighted by molar-refractivity contribution is 7.73. The molecular formula is C21H18ClN3O3S. The largest absolute Gasteiger partial charge is 0.286 e. The summed E-state index contributed by atoms with van der Waals surface area (Å²) >= 11 is 0. The molecule has 0 fully saturated rings. The van der Waals surface area contributed by atoms with Crippen molar-refractivity contribution in [1.29, 1.82) is 0 Å². The van der Waals surface area contributed by atoms with Crippen molar-refractivity contribution in [3.8, 4) is 11.3 Å². The van der Waals surface area contributed by atoms with Crippen molar-refractivity contribution in [2.75, 3.05) is 4.72 Å². The lowest BCUT2D eigenvalue weighted by Gasteiger charge is -2.12. The number of aromatic nitrogens is 2. The zero-order chi connectivity index (χ0) is 19.5. The molecule has 1 N–H and O–H groups in total. The van der Waals surface area contributed by atoms with E-state index in [-0.39, 0.29) is 18.0 Å². The van der Waals surface area contributed by atoms with Gasteiger partial charge in [-0.25, -0.2) is 13.1 Å². The first-order chi connectivity index (χ1) is 13.6. The topological polar surface area (TPSA) is 81.1 Å². The highest BCUT2D eigenvalue weighted by atomic mass is 35.5. The number of rotatable bonds is 5. The van der Waals surface area contributed by atoms with Gasteiger partial charge in [0, 0.05) is 16.6 Å². The van der Waals surface area contributed by atoms with Gasteiger partial charge in [0.1, 0.15) is 0 Å². The monoisotopic (exact) mass is 427 g/mol. The average Bonchev–Trinajstić information content (AvgIpc) is 2.71. The van der Waals surface area contributed by atoms with E-state index in [9.17, 15) is 13.2 Å². The van der Waals surface area contributed by atoms with Crippen LogP contribution in [0, 0.1) is 0 Å². The Hall–Kier alpha value is -3.16. The van der Waals surface area contributed by atoms with E-state index in [1.807, 2.05) is 54.6 Å². The first-order valence-electron chi connectivity index (χ1n) is 8.67. The fourth-order valence-electron chi connectivity index (χ4n) is 3.15. The van der Waals surface area contributed by atoms with Crippen molar-refractivity contribution in [2.24, 2.45) is 0 Å². The fraction of sp³-hybridized carbons (Fsp3) is 0.0476. The minimum absolute atomic E-state index is 0. The van der Waals surface area contributed by atoms with Crippen molar-refractivity contribution < 1.29 is 8.42 Å². The number of anilines is 1. The summed E-state index contributed by atoms with van der Waals surface area (Å²) in [4.78, 5) is 12.9. The van der Waals surface area contributed by atoms with Crippen molar-refractivity contribution in [2.45, 2.75) is 6.54 Å². The van der Waals surface area contributed by atoms with Crippen LogP contribution in [-0.4, -0.2) is 18.2 Å². The van der Waals surface area contributed by atoms with Crippen LogP contribution >= 0.6 is 12.4 Å². The molecular weight excluding hydrogens is 410 g/mol. The molecule has 1 aromatic heterocycles. The van der Waals surface area contributed by atoms with E-state index in [1.54, 1.807) is 24.3 Å². The van der Waals surface area contributed by atoms with E-state index in [0.717, 1.165) is 16.5 Å². The molecule has 4 rings (SSSR count). The highest BCUT2D eigenvalue weighted by Crippen LogP contribution is 2.26. The van der Waals surface area contributed by atoms with Gasteiger partial charge in [-0.1, -0.05) is 60.7 Å². The molecule has 0 saturated heterocycles. The van der Waals surface area contributed by atoms with Crippen LogP contribution in [0.4, 0.5) is 5.69 Å². The predicted molar refractivity (Wildman–Crippen MR) is 118 cm³/mol. The van der Waals surface area contributed by atoms with Gasteiger partial charge >= 0.3 is 0 Å². The van der Waals surface area contributed by atoms with Gasteiger partial charge < -0.3 is 0 Å². The molecule has 6 nitrogen and oxygen atoms in total. The van der Waals surface area contributed by atoms with E-state index in [1.165, 1.54) is 4.68 Å². The number of benzene rings is 3. The number of halogens is 1.